The zero-order valence-electron chi connectivity index (χ0n) is 15.6. The summed E-state index contributed by atoms with van der Waals surface area (Å²) in [6, 6.07) is 9.45. The second-order valence-electron chi connectivity index (χ2n) is 6.68. The summed E-state index contributed by atoms with van der Waals surface area (Å²) in [6.07, 6.45) is 1.64. The summed E-state index contributed by atoms with van der Waals surface area (Å²) in [5.74, 6) is 1.36. The molecule has 1 fully saturated rings. The highest BCUT2D eigenvalue weighted by atomic mass is 16.7. The number of benzene rings is 1. The van der Waals surface area contributed by atoms with Crippen LogP contribution in [0.3, 0.4) is 0 Å². The van der Waals surface area contributed by atoms with E-state index in [1.54, 1.807) is 12.3 Å². The van der Waals surface area contributed by atoms with Crippen molar-refractivity contribution in [2.45, 2.75) is 6.54 Å². The van der Waals surface area contributed by atoms with Gasteiger partial charge < -0.3 is 24.8 Å². The van der Waals surface area contributed by atoms with Crippen molar-refractivity contribution in [3.63, 3.8) is 0 Å². The summed E-state index contributed by atoms with van der Waals surface area (Å²) in [5, 5.41) is 6.25. The summed E-state index contributed by atoms with van der Waals surface area (Å²) in [6.45, 7) is 5.62. The van der Waals surface area contributed by atoms with E-state index in [-0.39, 0.29) is 12.7 Å². The molecular weight excluding hydrogens is 360 g/mol. The monoisotopic (exact) mass is 384 g/mol. The van der Waals surface area contributed by atoms with Gasteiger partial charge in [0.25, 0.3) is 5.91 Å². The maximum absolute atomic E-state index is 12.4. The van der Waals surface area contributed by atoms with E-state index in [0.29, 0.717) is 18.8 Å². The molecule has 0 bridgehead atoms. The maximum Gasteiger partial charge on any atom is 0.269 e. The van der Waals surface area contributed by atoms with Gasteiger partial charge in [-0.1, -0.05) is 6.07 Å². The van der Waals surface area contributed by atoms with Crippen LogP contribution in [-0.4, -0.2) is 62.0 Å². The fourth-order valence-corrected chi connectivity index (χ4v) is 3.16. The van der Waals surface area contributed by atoms with Crippen LogP contribution in [0.5, 0.6) is 11.5 Å². The largest absolute Gasteiger partial charge is 0.454 e. The van der Waals surface area contributed by atoms with Crippen LogP contribution in [0.1, 0.15) is 16.1 Å². The smallest absolute Gasteiger partial charge is 0.269 e. The van der Waals surface area contributed by atoms with Crippen LogP contribution >= 0.6 is 0 Å². The van der Waals surface area contributed by atoms with E-state index < -0.39 is 0 Å². The molecule has 0 unspecified atom stereocenters. The lowest BCUT2D eigenvalue weighted by atomic mass is 10.2. The van der Waals surface area contributed by atoms with E-state index in [1.807, 2.05) is 24.3 Å². The Kier molecular flexibility index (Phi) is 5.89. The van der Waals surface area contributed by atoms with Crippen molar-refractivity contribution < 1.29 is 19.0 Å². The van der Waals surface area contributed by atoms with Crippen molar-refractivity contribution in [2.75, 3.05) is 51.5 Å². The second-order valence-corrected chi connectivity index (χ2v) is 6.68. The van der Waals surface area contributed by atoms with Gasteiger partial charge in [0, 0.05) is 44.6 Å². The molecule has 0 spiro atoms. The number of amides is 1. The molecule has 1 aromatic carbocycles. The Hall–Kier alpha value is -2.84. The van der Waals surface area contributed by atoms with Crippen LogP contribution < -0.4 is 20.1 Å². The van der Waals surface area contributed by atoms with Crippen LogP contribution in [0.25, 0.3) is 0 Å². The molecule has 0 aliphatic carbocycles. The van der Waals surface area contributed by atoms with E-state index in [9.17, 15) is 4.79 Å². The number of nitrogens with zero attached hydrogens (tertiary/aromatic N) is 2. The van der Waals surface area contributed by atoms with Crippen molar-refractivity contribution in [3.8, 4) is 11.5 Å². The number of pyridine rings is 1. The number of carbonyl (C=O) groups is 1. The number of hydrogen-bond donors (Lipinski definition) is 2. The van der Waals surface area contributed by atoms with E-state index in [4.69, 9.17) is 14.2 Å². The Morgan fingerprint density at radius 1 is 1.11 bits per heavy atom. The fourth-order valence-electron chi connectivity index (χ4n) is 3.16. The minimum atomic E-state index is -0.167. The number of anilines is 1. The Bertz CT molecular complexity index is 824. The fraction of sp³-hybridized carbons (Fsp3) is 0.400. The van der Waals surface area contributed by atoms with Crippen LogP contribution in [0.4, 0.5) is 5.69 Å². The number of rotatable bonds is 7. The average Bonchev–Trinajstić information content (AvgIpc) is 3.21. The van der Waals surface area contributed by atoms with Gasteiger partial charge in [0.15, 0.2) is 11.5 Å². The highest BCUT2D eigenvalue weighted by molar-refractivity contribution is 5.93. The van der Waals surface area contributed by atoms with Crippen molar-refractivity contribution in [3.05, 3.63) is 47.8 Å². The highest BCUT2D eigenvalue weighted by Crippen LogP contribution is 2.32. The first-order valence-electron chi connectivity index (χ1n) is 9.45. The molecule has 0 radical (unpaired) electrons. The molecule has 0 saturated carbocycles. The summed E-state index contributed by atoms with van der Waals surface area (Å²) in [4.78, 5) is 18.8. The first-order chi connectivity index (χ1) is 13.8. The third-order valence-corrected chi connectivity index (χ3v) is 4.74. The number of hydrogen-bond acceptors (Lipinski definition) is 7. The predicted octanol–water partition coefficient (Wildman–Crippen LogP) is 1.48. The quantitative estimate of drug-likeness (QED) is 0.748. The highest BCUT2D eigenvalue weighted by Gasteiger charge is 2.14. The van der Waals surface area contributed by atoms with Gasteiger partial charge in [0.2, 0.25) is 6.79 Å². The molecule has 8 heteroatoms. The third-order valence-electron chi connectivity index (χ3n) is 4.74. The number of aromatic nitrogens is 1. The van der Waals surface area contributed by atoms with E-state index in [2.05, 4.69) is 20.5 Å². The lowest BCUT2D eigenvalue weighted by Gasteiger charge is -2.26. The van der Waals surface area contributed by atoms with Crippen molar-refractivity contribution in [1.82, 2.24) is 15.2 Å². The first-order valence-corrected chi connectivity index (χ1v) is 9.45. The lowest BCUT2D eigenvalue weighted by Crippen LogP contribution is -2.41. The van der Waals surface area contributed by atoms with Gasteiger partial charge in [0.1, 0.15) is 5.69 Å². The molecular formula is C20H24N4O4. The van der Waals surface area contributed by atoms with Gasteiger partial charge >= 0.3 is 0 Å². The molecule has 2 aliphatic rings. The molecule has 148 valence electrons. The number of fused-ring (bicyclic) bond motifs is 1. The number of morpholine rings is 1. The molecule has 2 aliphatic heterocycles. The normalized spacial score (nSPS) is 16.0. The third kappa shape index (κ3) is 4.71. The van der Waals surface area contributed by atoms with Gasteiger partial charge in [-0.2, -0.15) is 0 Å². The Balaban J connectivity index is 1.28. The van der Waals surface area contributed by atoms with Gasteiger partial charge in [-0.3, -0.25) is 14.7 Å². The molecule has 8 nitrogen and oxygen atoms in total. The minimum absolute atomic E-state index is 0.167. The molecule has 4 rings (SSSR count). The predicted molar refractivity (Wildman–Crippen MR) is 104 cm³/mol. The standard InChI is InChI=1S/C20H24N4O4/c25-20(22-5-6-24-7-9-26-10-8-24)17-12-16(3-4-21-17)23-13-15-1-2-18-19(11-15)28-14-27-18/h1-4,11-12H,5-10,13-14H2,(H,21,23)(H,22,25). The zero-order chi connectivity index (χ0) is 19.2. The minimum Gasteiger partial charge on any atom is -0.454 e. The zero-order valence-corrected chi connectivity index (χ0v) is 15.6. The Labute approximate surface area is 163 Å². The lowest BCUT2D eigenvalue weighted by molar-refractivity contribution is 0.0383. The van der Waals surface area contributed by atoms with Gasteiger partial charge in [0.05, 0.1) is 13.2 Å². The molecule has 3 heterocycles. The molecule has 1 amide bonds. The summed E-state index contributed by atoms with van der Waals surface area (Å²) in [5.41, 5.74) is 2.31. The molecule has 28 heavy (non-hydrogen) atoms. The van der Waals surface area contributed by atoms with Crippen LogP contribution in [0.15, 0.2) is 36.5 Å². The Morgan fingerprint density at radius 3 is 2.86 bits per heavy atom. The topological polar surface area (TPSA) is 85.0 Å². The van der Waals surface area contributed by atoms with E-state index >= 15 is 0 Å². The van der Waals surface area contributed by atoms with Crippen molar-refractivity contribution in [2.24, 2.45) is 0 Å². The van der Waals surface area contributed by atoms with Gasteiger partial charge in [-0.15, -0.1) is 0 Å². The molecule has 1 aromatic heterocycles. The van der Waals surface area contributed by atoms with Crippen LogP contribution in [-0.2, 0) is 11.3 Å². The van der Waals surface area contributed by atoms with Crippen LogP contribution in [0, 0.1) is 0 Å². The summed E-state index contributed by atoms with van der Waals surface area (Å²) in [7, 11) is 0. The number of nitrogens with one attached hydrogen (secondary N) is 2. The van der Waals surface area contributed by atoms with Gasteiger partial charge in [-0.05, 0) is 29.8 Å². The first kappa shape index (κ1) is 18.5. The molecule has 2 aromatic rings. The summed E-state index contributed by atoms with van der Waals surface area (Å²) < 4.78 is 16.1. The van der Waals surface area contributed by atoms with Crippen LogP contribution in [0.2, 0.25) is 0 Å². The van der Waals surface area contributed by atoms with E-state index in [0.717, 1.165) is 55.6 Å². The number of ether oxygens (including phenoxy) is 3. The average molecular weight is 384 g/mol. The number of carbonyl (C=O) groups excluding carboxylic acids is 1. The van der Waals surface area contributed by atoms with Gasteiger partial charge in [-0.25, -0.2) is 0 Å². The summed E-state index contributed by atoms with van der Waals surface area (Å²) >= 11 is 0. The van der Waals surface area contributed by atoms with Crippen molar-refractivity contribution >= 4 is 11.6 Å². The Morgan fingerprint density at radius 2 is 1.96 bits per heavy atom. The second kappa shape index (κ2) is 8.90. The molecule has 1 saturated heterocycles. The molecule has 2 N–H and O–H groups in total. The maximum atomic E-state index is 12.4. The molecule has 0 atom stereocenters. The van der Waals surface area contributed by atoms with E-state index in [1.165, 1.54) is 0 Å². The van der Waals surface area contributed by atoms with Crippen molar-refractivity contribution in [1.29, 1.82) is 0 Å². The SMILES string of the molecule is O=C(NCCN1CCOCC1)c1cc(NCc2ccc3c(c2)OCO3)ccn1.